The molecule has 0 atom stereocenters. The molecule has 1 N–H and O–H groups in total. The zero-order valence-electron chi connectivity index (χ0n) is 20.0. The van der Waals surface area contributed by atoms with Crippen molar-refractivity contribution in [3.63, 3.8) is 0 Å². The van der Waals surface area contributed by atoms with E-state index < -0.39 is 0 Å². The molecular formula is C25H31N7O2. The lowest BCUT2D eigenvalue weighted by Gasteiger charge is -2.32. The summed E-state index contributed by atoms with van der Waals surface area (Å²) in [5.41, 5.74) is 1.57. The summed E-state index contributed by atoms with van der Waals surface area (Å²) < 4.78 is 1.82. The predicted molar refractivity (Wildman–Crippen MR) is 133 cm³/mol. The summed E-state index contributed by atoms with van der Waals surface area (Å²) in [7, 11) is 2.13. The van der Waals surface area contributed by atoms with E-state index in [-0.39, 0.29) is 22.9 Å². The summed E-state index contributed by atoms with van der Waals surface area (Å²) in [6, 6.07) is 1.99. The van der Waals surface area contributed by atoms with Gasteiger partial charge in [0.25, 0.3) is 5.56 Å². The highest BCUT2D eigenvalue weighted by atomic mass is 16.1. The average Bonchev–Trinajstić information content (AvgIpc) is 3.34. The van der Waals surface area contributed by atoms with Crippen molar-refractivity contribution < 1.29 is 4.79 Å². The molecule has 5 rings (SSSR count). The van der Waals surface area contributed by atoms with Gasteiger partial charge in [-0.1, -0.05) is 12.8 Å². The predicted octanol–water partition coefficient (Wildman–Crippen LogP) is 3.31. The van der Waals surface area contributed by atoms with Crippen molar-refractivity contribution in [1.82, 2.24) is 24.4 Å². The first-order chi connectivity index (χ1) is 16.4. The summed E-state index contributed by atoms with van der Waals surface area (Å²) in [6.45, 7) is 7.18. The molecular weight excluding hydrogens is 430 g/mol. The van der Waals surface area contributed by atoms with E-state index in [4.69, 9.17) is 0 Å². The van der Waals surface area contributed by atoms with E-state index in [9.17, 15) is 9.59 Å². The number of carbonyl (C=O) groups excluding carboxylic acids is 1. The van der Waals surface area contributed by atoms with E-state index in [2.05, 4.69) is 37.1 Å². The highest BCUT2D eigenvalue weighted by Crippen LogP contribution is 2.33. The molecule has 178 valence electrons. The maximum atomic E-state index is 13.4. The zero-order chi connectivity index (χ0) is 23.8. The third-order valence-corrected chi connectivity index (χ3v) is 7.12. The number of fused-ring (bicyclic) bond motifs is 1. The van der Waals surface area contributed by atoms with Crippen LogP contribution in [0.1, 0.15) is 54.6 Å². The normalized spacial score (nSPS) is 17.4. The van der Waals surface area contributed by atoms with Crippen LogP contribution in [0.4, 0.5) is 17.5 Å². The molecule has 9 nitrogen and oxygen atoms in total. The molecule has 3 aromatic heterocycles. The minimum atomic E-state index is -0.200. The van der Waals surface area contributed by atoms with Gasteiger partial charge in [0, 0.05) is 49.9 Å². The van der Waals surface area contributed by atoms with Crippen LogP contribution in [0, 0.1) is 6.92 Å². The van der Waals surface area contributed by atoms with Gasteiger partial charge in [0.05, 0.1) is 23.5 Å². The van der Waals surface area contributed by atoms with Crippen molar-refractivity contribution in [3.8, 4) is 0 Å². The second-order valence-electron chi connectivity index (χ2n) is 9.43. The third-order valence-electron chi connectivity index (χ3n) is 7.12. The fourth-order valence-electron chi connectivity index (χ4n) is 5.18. The van der Waals surface area contributed by atoms with E-state index in [1.807, 2.05) is 17.6 Å². The number of nitrogens with zero attached hydrogens (tertiary/aromatic N) is 6. The Bertz CT molecular complexity index is 1270. The van der Waals surface area contributed by atoms with Gasteiger partial charge in [-0.15, -0.1) is 0 Å². The molecule has 1 saturated heterocycles. The first-order valence-electron chi connectivity index (χ1n) is 12.0. The maximum absolute atomic E-state index is 13.4. The summed E-state index contributed by atoms with van der Waals surface area (Å²) >= 11 is 0. The first kappa shape index (κ1) is 22.5. The Morgan fingerprint density at radius 1 is 1.00 bits per heavy atom. The van der Waals surface area contributed by atoms with Gasteiger partial charge in [0.15, 0.2) is 5.78 Å². The third kappa shape index (κ3) is 4.16. The molecule has 2 fully saturated rings. The molecule has 9 heteroatoms. The van der Waals surface area contributed by atoms with Crippen molar-refractivity contribution in [2.45, 2.75) is 45.6 Å². The molecule has 3 aromatic rings. The molecule has 0 aromatic carbocycles. The summed E-state index contributed by atoms with van der Waals surface area (Å²) in [5, 5.41) is 4.07. The van der Waals surface area contributed by atoms with Crippen LogP contribution >= 0.6 is 0 Å². The van der Waals surface area contributed by atoms with Gasteiger partial charge in [-0.3, -0.25) is 9.59 Å². The molecule has 0 bridgehead atoms. The van der Waals surface area contributed by atoms with Crippen molar-refractivity contribution in [2.24, 2.45) is 0 Å². The van der Waals surface area contributed by atoms with Gasteiger partial charge in [-0.25, -0.2) is 15.0 Å². The SMILES string of the molecule is CC(=O)c1c(C)c2cnc(Nc3cnc(N4CCN(C)CC4)cn3)cc2n(C2CCCC2)c1=O. The number of Topliss-reactive ketones (excluding diaryl/α,β-unsaturated/α-hetero) is 1. The molecule has 0 amide bonds. The highest BCUT2D eigenvalue weighted by Gasteiger charge is 2.25. The number of pyridine rings is 2. The van der Waals surface area contributed by atoms with Crippen molar-refractivity contribution in [1.29, 1.82) is 0 Å². The number of hydrogen-bond acceptors (Lipinski definition) is 8. The van der Waals surface area contributed by atoms with Crippen LogP contribution in [0.2, 0.25) is 0 Å². The molecule has 0 radical (unpaired) electrons. The first-order valence-corrected chi connectivity index (χ1v) is 12.0. The van der Waals surface area contributed by atoms with Gasteiger partial charge in [-0.2, -0.15) is 0 Å². The van der Waals surface area contributed by atoms with E-state index >= 15 is 0 Å². The van der Waals surface area contributed by atoms with Crippen molar-refractivity contribution in [3.05, 3.63) is 46.1 Å². The number of aromatic nitrogens is 4. The monoisotopic (exact) mass is 461 g/mol. The topological polar surface area (TPSA) is 96.2 Å². The Hall–Kier alpha value is -3.33. The second kappa shape index (κ2) is 9.13. The lowest BCUT2D eigenvalue weighted by molar-refractivity contribution is 0.101. The van der Waals surface area contributed by atoms with Crippen molar-refractivity contribution in [2.75, 3.05) is 43.4 Å². The Morgan fingerprint density at radius 2 is 1.71 bits per heavy atom. The second-order valence-corrected chi connectivity index (χ2v) is 9.43. The van der Waals surface area contributed by atoms with E-state index in [0.29, 0.717) is 17.2 Å². The Morgan fingerprint density at radius 3 is 2.35 bits per heavy atom. The van der Waals surface area contributed by atoms with Crippen LogP contribution in [0.3, 0.4) is 0 Å². The standard InChI is InChI=1S/C25H31N7O2/c1-16-19-13-26-21(29-22-14-28-23(15-27-22)31-10-8-30(3)9-11-31)12-20(19)32(18-6-4-5-7-18)25(34)24(16)17(2)33/h12-15,18H,4-11H2,1-3H3,(H,26,27,29). The maximum Gasteiger partial charge on any atom is 0.262 e. The van der Waals surface area contributed by atoms with Crippen LogP contribution in [-0.4, -0.2) is 63.4 Å². The number of nitrogens with one attached hydrogen (secondary N) is 1. The largest absolute Gasteiger partial charge is 0.353 e. The number of aryl methyl sites for hydroxylation is 1. The number of hydrogen-bond donors (Lipinski definition) is 1. The fraction of sp³-hybridized carbons (Fsp3) is 0.480. The Labute approximate surface area is 198 Å². The number of likely N-dealkylation sites (N-methyl/N-ethyl adjacent to an activating group) is 1. The quantitative estimate of drug-likeness (QED) is 0.578. The van der Waals surface area contributed by atoms with Crippen LogP contribution in [-0.2, 0) is 0 Å². The molecule has 0 unspecified atom stereocenters. The smallest absolute Gasteiger partial charge is 0.262 e. The zero-order valence-corrected chi connectivity index (χ0v) is 20.0. The number of rotatable bonds is 5. The van der Waals surface area contributed by atoms with Gasteiger partial charge >= 0.3 is 0 Å². The van der Waals surface area contributed by atoms with Crippen LogP contribution in [0.15, 0.2) is 29.5 Å². The fourth-order valence-corrected chi connectivity index (χ4v) is 5.18. The molecule has 4 heterocycles. The summed E-state index contributed by atoms with van der Waals surface area (Å²) in [6.07, 6.45) is 9.32. The number of carbonyl (C=O) groups is 1. The van der Waals surface area contributed by atoms with Gasteiger partial charge in [-0.05, 0) is 39.3 Å². The number of piperazine rings is 1. The molecule has 0 spiro atoms. The molecule has 34 heavy (non-hydrogen) atoms. The van der Waals surface area contributed by atoms with Gasteiger partial charge in [0.2, 0.25) is 0 Å². The minimum Gasteiger partial charge on any atom is -0.353 e. The van der Waals surface area contributed by atoms with Gasteiger partial charge < -0.3 is 19.7 Å². The summed E-state index contributed by atoms with van der Waals surface area (Å²) in [5.74, 6) is 1.86. The Balaban J connectivity index is 1.48. The van der Waals surface area contributed by atoms with Crippen LogP contribution in [0.5, 0.6) is 0 Å². The van der Waals surface area contributed by atoms with Crippen molar-refractivity contribution >= 4 is 34.1 Å². The van der Waals surface area contributed by atoms with Crippen LogP contribution in [0.25, 0.3) is 10.9 Å². The van der Waals surface area contributed by atoms with E-state index in [0.717, 1.165) is 68.6 Å². The highest BCUT2D eigenvalue weighted by molar-refractivity contribution is 6.00. The molecule has 1 aliphatic carbocycles. The molecule has 1 aliphatic heterocycles. The molecule has 2 aliphatic rings. The number of anilines is 3. The number of ketones is 1. The lowest BCUT2D eigenvalue weighted by Crippen LogP contribution is -2.44. The van der Waals surface area contributed by atoms with E-state index in [1.165, 1.54) is 6.92 Å². The molecule has 1 saturated carbocycles. The minimum absolute atomic E-state index is 0.103. The average molecular weight is 462 g/mol. The van der Waals surface area contributed by atoms with Gasteiger partial charge in [0.1, 0.15) is 17.5 Å². The lowest BCUT2D eigenvalue weighted by atomic mass is 10.0. The van der Waals surface area contributed by atoms with E-state index in [1.54, 1.807) is 18.6 Å². The summed E-state index contributed by atoms with van der Waals surface area (Å²) in [4.78, 5) is 43.9. The van der Waals surface area contributed by atoms with Crippen LogP contribution < -0.4 is 15.8 Å². The Kier molecular flexibility index (Phi) is 6.03.